The number of fused-ring (bicyclic) bond motifs is 1. The molecule has 4 aromatic rings. The van der Waals surface area contributed by atoms with Crippen LogP contribution in [0.4, 0.5) is 0 Å². The molecule has 0 aliphatic rings. The first-order chi connectivity index (χ1) is 14.2. The number of hydrogen-bond donors (Lipinski definition) is 0. The van der Waals surface area contributed by atoms with Crippen LogP contribution in [-0.4, -0.2) is 16.7 Å². The highest BCUT2D eigenvalue weighted by atomic mass is 32.2. The minimum absolute atomic E-state index is 0.107. The quantitative estimate of drug-likeness (QED) is 0.324. The van der Waals surface area contributed by atoms with Crippen molar-refractivity contribution in [3.05, 3.63) is 101 Å². The van der Waals surface area contributed by atoms with E-state index in [0.29, 0.717) is 33.2 Å². The number of aromatic nitrogens is 2. The lowest BCUT2D eigenvalue weighted by Gasteiger charge is -2.15. The van der Waals surface area contributed by atoms with Gasteiger partial charge >= 0.3 is 0 Å². The number of rotatable bonds is 6. The number of ether oxygens (including phenoxy) is 1. The van der Waals surface area contributed by atoms with E-state index in [9.17, 15) is 4.79 Å². The van der Waals surface area contributed by atoms with Crippen molar-refractivity contribution in [2.24, 2.45) is 0 Å². The third-order valence-electron chi connectivity index (χ3n) is 4.65. The third kappa shape index (κ3) is 3.82. The lowest BCUT2D eigenvalue weighted by molar-refractivity contribution is 0.411. The summed E-state index contributed by atoms with van der Waals surface area (Å²) in [5, 5.41) is 1.21. The predicted molar refractivity (Wildman–Crippen MR) is 120 cm³/mol. The third-order valence-corrected chi connectivity index (χ3v) is 5.66. The summed E-state index contributed by atoms with van der Waals surface area (Å²) < 4.78 is 7.15. The average molecular weight is 401 g/mol. The molecule has 5 heteroatoms. The monoisotopic (exact) mass is 400 g/mol. The van der Waals surface area contributed by atoms with E-state index in [2.05, 4.69) is 18.7 Å². The Labute approximate surface area is 173 Å². The van der Waals surface area contributed by atoms with Gasteiger partial charge in [-0.3, -0.25) is 9.36 Å². The van der Waals surface area contributed by atoms with Gasteiger partial charge in [-0.1, -0.05) is 72.9 Å². The molecule has 4 rings (SSSR count). The summed E-state index contributed by atoms with van der Waals surface area (Å²) in [6, 6.07) is 23.1. The molecule has 0 radical (unpaired) electrons. The van der Waals surface area contributed by atoms with Gasteiger partial charge in [0.25, 0.3) is 5.56 Å². The number of benzene rings is 3. The van der Waals surface area contributed by atoms with Crippen LogP contribution in [0.25, 0.3) is 22.7 Å². The summed E-state index contributed by atoms with van der Waals surface area (Å²) in [6.45, 7) is 3.79. The summed E-state index contributed by atoms with van der Waals surface area (Å²) in [5.41, 5.74) is 3.49. The van der Waals surface area contributed by atoms with Crippen LogP contribution in [0.1, 0.15) is 11.1 Å². The first-order valence-electron chi connectivity index (χ1n) is 9.20. The molecule has 0 amide bonds. The zero-order chi connectivity index (χ0) is 20.2. The van der Waals surface area contributed by atoms with Gasteiger partial charge in [0.05, 0.1) is 23.7 Å². The van der Waals surface area contributed by atoms with E-state index in [-0.39, 0.29) is 5.56 Å². The van der Waals surface area contributed by atoms with Crippen LogP contribution in [0.15, 0.2) is 89.3 Å². The van der Waals surface area contributed by atoms with Gasteiger partial charge in [-0.05, 0) is 35.4 Å². The fourth-order valence-electron chi connectivity index (χ4n) is 3.13. The Kier molecular flexibility index (Phi) is 5.49. The molecule has 3 aromatic carbocycles. The second-order valence-electron chi connectivity index (χ2n) is 6.46. The molecule has 0 fully saturated rings. The highest BCUT2D eigenvalue weighted by molar-refractivity contribution is 7.98. The number of nitrogens with zero attached hydrogens (tertiary/aromatic N) is 2. The molecule has 0 spiro atoms. The summed E-state index contributed by atoms with van der Waals surface area (Å²) in [6.07, 6.45) is 1.82. The second kappa shape index (κ2) is 8.37. The summed E-state index contributed by atoms with van der Waals surface area (Å²) in [5.74, 6) is 1.32. The van der Waals surface area contributed by atoms with E-state index < -0.39 is 0 Å². The van der Waals surface area contributed by atoms with Crippen LogP contribution in [0.3, 0.4) is 0 Å². The Balaban J connectivity index is 1.82. The molecule has 0 aliphatic heterocycles. The standard InChI is InChI=1S/C24H20N2O2S/c1-3-17-12-14-18(15-13-17)16-29-24-25-20-9-5-4-8-19(20)23(27)26(24)21-10-6-7-11-22(21)28-2/h3-15H,1,16H2,2H3. The van der Waals surface area contributed by atoms with Gasteiger partial charge in [0, 0.05) is 5.75 Å². The SMILES string of the molecule is C=Cc1ccc(CSc2nc3ccccc3c(=O)n2-c2ccccc2OC)cc1. The molecule has 29 heavy (non-hydrogen) atoms. The van der Waals surface area contributed by atoms with Crippen molar-refractivity contribution in [2.45, 2.75) is 10.9 Å². The molecule has 0 atom stereocenters. The molecule has 144 valence electrons. The van der Waals surface area contributed by atoms with Crippen molar-refractivity contribution in [2.75, 3.05) is 7.11 Å². The molecular formula is C24H20N2O2S. The minimum atomic E-state index is -0.107. The largest absolute Gasteiger partial charge is 0.495 e. The van der Waals surface area contributed by atoms with E-state index in [1.165, 1.54) is 11.8 Å². The van der Waals surface area contributed by atoms with Crippen LogP contribution in [-0.2, 0) is 5.75 Å². The Bertz CT molecular complexity index is 1230. The number of para-hydroxylation sites is 3. The fraction of sp³-hybridized carbons (Fsp3) is 0.0833. The van der Waals surface area contributed by atoms with E-state index in [1.807, 2.05) is 60.7 Å². The Morgan fingerprint density at radius 3 is 2.52 bits per heavy atom. The normalized spacial score (nSPS) is 10.8. The van der Waals surface area contributed by atoms with E-state index in [1.54, 1.807) is 17.7 Å². The molecule has 0 bridgehead atoms. The van der Waals surface area contributed by atoms with Crippen LogP contribution in [0.5, 0.6) is 5.75 Å². The van der Waals surface area contributed by atoms with Gasteiger partial charge in [0.2, 0.25) is 0 Å². The van der Waals surface area contributed by atoms with Gasteiger partial charge in [0.15, 0.2) is 5.16 Å². The first kappa shape index (κ1) is 19.0. The topological polar surface area (TPSA) is 44.1 Å². The molecule has 0 N–H and O–H groups in total. The smallest absolute Gasteiger partial charge is 0.266 e. The van der Waals surface area contributed by atoms with Crippen molar-refractivity contribution in [3.8, 4) is 11.4 Å². The maximum absolute atomic E-state index is 13.4. The van der Waals surface area contributed by atoms with Crippen LogP contribution >= 0.6 is 11.8 Å². The van der Waals surface area contributed by atoms with Gasteiger partial charge in [-0.15, -0.1) is 0 Å². The molecule has 0 unspecified atom stereocenters. The summed E-state index contributed by atoms with van der Waals surface area (Å²) in [7, 11) is 1.60. The molecule has 4 nitrogen and oxygen atoms in total. The first-order valence-corrected chi connectivity index (χ1v) is 10.2. The number of hydrogen-bond acceptors (Lipinski definition) is 4. The van der Waals surface area contributed by atoms with E-state index >= 15 is 0 Å². The van der Waals surface area contributed by atoms with E-state index in [0.717, 1.165) is 11.1 Å². The number of thioether (sulfide) groups is 1. The lowest BCUT2D eigenvalue weighted by Crippen LogP contribution is -2.22. The Morgan fingerprint density at radius 1 is 1.03 bits per heavy atom. The zero-order valence-corrected chi connectivity index (χ0v) is 16.9. The highest BCUT2D eigenvalue weighted by Gasteiger charge is 2.16. The second-order valence-corrected chi connectivity index (χ2v) is 7.40. The molecule has 0 saturated carbocycles. The maximum atomic E-state index is 13.4. The summed E-state index contributed by atoms with van der Waals surface area (Å²) >= 11 is 1.53. The Morgan fingerprint density at radius 2 is 1.76 bits per heavy atom. The maximum Gasteiger partial charge on any atom is 0.266 e. The van der Waals surface area contributed by atoms with Crippen LogP contribution in [0, 0.1) is 0 Å². The fourth-order valence-corrected chi connectivity index (χ4v) is 4.10. The minimum Gasteiger partial charge on any atom is -0.495 e. The predicted octanol–water partition coefficient (Wildman–Crippen LogP) is 5.33. The highest BCUT2D eigenvalue weighted by Crippen LogP contribution is 2.28. The number of methoxy groups -OCH3 is 1. The van der Waals surface area contributed by atoms with Crippen molar-refractivity contribution >= 4 is 28.7 Å². The lowest BCUT2D eigenvalue weighted by atomic mass is 10.1. The zero-order valence-electron chi connectivity index (χ0n) is 16.0. The van der Waals surface area contributed by atoms with E-state index in [4.69, 9.17) is 9.72 Å². The van der Waals surface area contributed by atoms with Gasteiger partial charge in [0.1, 0.15) is 5.75 Å². The van der Waals surface area contributed by atoms with Crippen molar-refractivity contribution < 1.29 is 4.74 Å². The molecule has 1 heterocycles. The molecule has 1 aromatic heterocycles. The van der Waals surface area contributed by atoms with Crippen LogP contribution < -0.4 is 10.3 Å². The molecule has 0 aliphatic carbocycles. The van der Waals surface area contributed by atoms with Gasteiger partial charge in [-0.25, -0.2) is 4.98 Å². The average Bonchev–Trinajstić information content (AvgIpc) is 2.78. The summed E-state index contributed by atoms with van der Waals surface area (Å²) in [4.78, 5) is 18.1. The van der Waals surface area contributed by atoms with Gasteiger partial charge < -0.3 is 4.74 Å². The Hall–Kier alpha value is -3.31. The van der Waals surface area contributed by atoms with Crippen LogP contribution in [0.2, 0.25) is 0 Å². The van der Waals surface area contributed by atoms with Crippen molar-refractivity contribution in [3.63, 3.8) is 0 Å². The van der Waals surface area contributed by atoms with Gasteiger partial charge in [-0.2, -0.15) is 0 Å². The molecular weight excluding hydrogens is 380 g/mol. The van der Waals surface area contributed by atoms with Crippen molar-refractivity contribution in [1.82, 2.24) is 9.55 Å². The van der Waals surface area contributed by atoms with Crippen molar-refractivity contribution in [1.29, 1.82) is 0 Å². The molecule has 0 saturated heterocycles.